The molecule has 2 amide bonds. The molecule has 3 heterocycles. The van der Waals surface area contributed by atoms with Gasteiger partial charge in [0.1, 0.15) is 23.4 Å². The van der Waals surface area contributed by atoms with E-state index in [0.717, 1.165) is 17.0 Å². The molecule has 13 heteroatoms. The molecule has 0 bridgehead atoms. The number of furan rings is 1. The molecule has 220 valence electrons. The Morgan fingerprint density at radius 3 is 2.56 bits per heavy atom. The average Bonchev–Trinajstić information content (AvgIpc) is 3.58. The van der Waals surface area contributed by atoms with E-state index in [9.17, 15) is 27.2 Å². The van der Waals surface area contributed by atoms with Crippen molar-refractivity contribution in [1.82, 2.24) is 15.2 Å². The Hall–Kier alpha value is -4.00. The fourth-order valence-corrected chi connectivity index (χ4v) is 5.48. The van der Waals surface area contributed by atoms with Crippen molar-refractivity contribution in [3.63, 3.8) is 0 Å². The number of unbranched alkanes of at least 4 members (excludes halogenated alkanes) is 1. The van der Waals surface area contributed by atoms with Crippen molar-refractivity contribution in [2.45, 2.75) is 44.6 Å². The number of benzene rings is 1. The first-order valence-corrected chi connectivity index (χ1v) is 15.1. The molecule has 2 aromatic heterocycles. The first-order chi connectivity index (χ1) is 19.5. The number of halogens is 1. The summed E-state index contributed by atoms with van der Waals surface area (Å²) in [7, 11) is 0.452. The highest BCUT2D eigenvalue weighted by Crippen LogP contribution is 2.36. The normalized spacial score (nSPS) is 15.2. The van der Waals surface area contributed by atoms with Gasteiger partial charge in [0, 0.05) is 32.6 Å². The number of sulfonamides is 1. The maximum atomic E-state index is 13.6. The maximum Gasteiger partial charge on any atom is 0.328 e. The number of rotatable bonds is 10. The summed E-state index contributed by atoms with van der Waals surface area (Å²) < 4.78 is 50.3. The van der Waals surface area contributed by atoms with Crippen LogP contribution < -0.4 is 9.62 Å². The third kappa shape index (κ3) is 6.34. The third-order valence-corrected chi connectivity index (χ3v) is 8.40. The van der Waals surface area contributed by atoms with E-state index in [1.165, 1.54) is 45.5 Å². The van der Waals surface area contributed by atoms with E-state index in [1.54, 1.807) is 11.0 Å². The molecule has 1 saturated heterocycles. The van der Waals surface area contributed by atoms with E-state index < -0.39 is 33.8 Å². The van der Waals surface area contributed by atoms with Crippen LogP contribution in [0.1, 0.15) is 48.0 Å². The third-order valence-electron chi connectivity index (χ3n) is 7.23. The monoisotopic (exact) mass is 588 g/mol. The second-order valence-electron chi connectivity index (χ2n) is 9.92. The number of esters is 1. The number of fused-ring (bicyclic) bond motifs is 1. The zero-order valence-corrected chi connectivity index (χ0v) is 24.2. The summed E-state index contributed by atoms with van der Waals surface area (Å²) in [6.07, 6.45) is 3.92. The number of nitrogens with zero attached hydrogens (tertiary/aromatic N) is 3. The van der Waals surface area contributed by atoms with Crippen LogP contribution in [0.2, 0.25) is 0 Å². The number of carbonyl (C=O) groups excluding carboxylic acids is 3. The summed E-state index contributed by atoms with van der Waals surface area (Å²) in [6, 6.07) is 6.56. The van der Waals surface area contributed by atoms with E-state index in [2.05, 4.69) is 10.3 Å². The Balaban J connectivity index is 1.65. The molecule has 11 nitrogen and oxygen atoms in total. The number of amides is 2. The second kappa shape index (κ2) is 12.2. The van der Waals surface area contributed by atoms with E-state index in [4.69, 9.17) is 9.15 Å². The molecule has 0 radical (unpaired) electrons. The van der Waals surface area contributed by atoms with E-state index >= 15 is 0 Å². The van der Waals surface area contributed by atoms with Gasteiger partial charge < -0.3 is 19.4 Å². The first-order valence-electron chi connectivity index (χ1n) is 13.2. The average molecular weight is 589 g/mol. The van der Waals surface area contributed by atoms with Crippen molar-refractivity contribution in [1.29, 1.82) is 0 Å². The minimum Gasteiger partial charge on any atom is -0.467 e. The number of hydrogen-bond donors (Lipinski definition) is 1. The predicted octanol–water partition coefficient (Wildman–Crippen LogP) is 3.27. The van der Waals surface area contributed by atoms with E-state index in [0.29, 0.717) is 48.7 Å². The smallest absolute Gasteiger partial charge is 0.328 e. The van der Waals surface area contributed by atoms with Crippen LogP contribution >= 0.6 is 0 Å². The van der Waals surface area contributed by atoms with E-state index in [-0.39, 0.29) is 35.2 Å². The molecule has 1 atom stereocenters. The summed E-state index contributed by atoms with van der Waals surface area (Å²) in [4.78, 5) is 43.8. The van der Waals surface area contributed by atoms with Crippen molar-refractivity contribution >= 4 is 44.7 Å². The Labute approximate surface area is 237 Å². The lowest BCUT2D eigenvalue weighted by Gasteiger charge is -2.22. The molecule has 1 fully saturated rings. The summed E-state index contributed by atoms with van der Waals surface area (Å²) in [6.45, 7) is 0.502. The Bertz CT molecular complexity index is 1570. The van der Waals surface area contributed by atoms with Crippen LogP contribution in [0.3, 0.4) is 0 Å². The van der Waals surface area contributed by atoms with Crippen LogP contribution in [0.4, 0.5) is 10.2 Å². The van der Waals surface area contributed by atoms with Crippen LogP contribution in [0.15, 0.2) is 34.7 Å². The minimum atomic E-state index is -3.70. The van der Waals surface area contributed by atoms with Crippen molar-refractivity contribution in [3.8, 4) is 11.3 Å². The van der Waals surface area contributed by atoms with Gasteiger partial charge in [-0.1, -0.05) is 0 Å². The maximum absolute atomic E-state index is 13.6. The quantitative estimate of drug-likeness (QED) is 0.281. The number of nitrogens with one attached hydrogen (secondary N) is 1. The summed E-state index contributed by atoms with van der Waals surface area (Å²) >= 11 is 0. The molecule has 1 aromatic carbocycles. The summed E-state index contributed by atoms with van der Waals surface area (Å²) in [5.41, 5.74) is 1.24. The summed E-state index contributed by atoms with van der Waals surface area (Å²) in [5.74, 6) is -1.14. The van der Waals surface area contributed by atoms with Gasteiger partial charge in [-0.15, -0.1) is 0 Å². The molecule has 41 heavy (non-hydrogen) atoms. The number of likely N-dealkylation sites (tertiary alicyclic amines) is 1. The molecule has 1 aliphatic heterocycles. The second-order valence-corrected chi connectivity index (χ2v) is 11.9. The van der Waals surface area contributed by atoms with Gasteiger partial charge in [-0.3, -0.25) is 13.9 Å². The lowest BCUT2D eigenvalue weighted by atomic mass is 10.0. The zero-order valence-electron chi connectivity index (χ0n) is 23.4. The topological polar surface area (TPSA) is 139 Å². The first kappa shape index (κ1) is 30.0. The number of aryl methyl sites for hydroxylation is 1. The molecular weight excluding hydrogens is 555 g/mol. The van der Waals surface area contributed by atoms with Gasteiger partial charge in [0.05, 0.1) is 24.3 Å². The molecule has 3 aromatic rings. The Morgan fingerprint density at radius 2 is 1.93 bits per heavy atom. The van der Waals surface area contributed by atoms with Gasteiger partial charge in [-0.25, -0.2) is 17.6 Å². The van der Waals surface area contributed by atoms with Crippen LogP contribution in [0.5, 0.6) is 0 Å². The Kier molecular flexibility index (Phi) is 8.95. The van der Waals surface area contributed by atoms with Gasteiger partial charge in [-0.2, -0.15) is 4.98 Å². The highest BCUT2D eigenvalue weighted by atomic mass is 32.2. The molecule has 1 aliphatic rings. The number of pyridine rings is 1. The van der Waals surface area contributed by atoms with Crippen molar-refractivity contribution in [2.24, 2.45) is 0 Å². The van der Waals surface area contributed by atoms with Crippen molar-refractivity contribution in [3.05, 3.63) is 47.3 Å². The van der Waals surface area contributed by atoms with Gasteiger partial charge in [-0.05, 0) is 68.0 Å². The number of methoxy groups -OCH3 is 1. The lowest BCUT2D eigenvalue weighted by Crippen LogP contribution is -2.40. The highest BCUT2D eigenvalue weighted by molar-refractivity contribution is 7.92. The number of ether oxygens (including phenoxy) is 1. The number of anilines is 1. The van der Waals surface area contributed by atoms with Crippen molar-refractivity contribution in [2.75, 3.05) is 38.3 Å². The Morgan fingerprint density at radius 1 is 1.22 bits per heavy atom. The van der Waals surface area contributed by atoms with Gasteiger partial charge >= 0.3 is 5.97 Å². The van der Waals surface area contributed by atoms with Gasteiger partial charge in [0.2, 0.25) is 21.6 Å². The number of carbonyl (C=O) groups is 3. The van der Waals surface area contributed by atoms with Crippen LogP contribution in [-0.4, -0.2) is 76.1 Å². The molecule has 0 aliphatic carbocycles. The van der Waals surface area contributed by atoms with E-state index in [1.807, 2.05) is 0 Å². The molecular formula is C28H33FN4O7S. The standard InChI is InChI=1S/C28H33FN4O7S/c1-30-26(35)23-20-16-18(8-5-6-10-22(34)33-15-7-9-21(33)28(36)39-3)25(32(2)41(4,37)38)31-27(20)40-24(23)17-11-13-19(29)14-12-17/h11-14,16,21H,5-10,15H2,1-4H3,(H,30,35). The largest absolute Gasteiger partial charge is 0.467 e. The predicted molar refractivity (Wildman–Crippen MR) is 150 cm³/mol. The summed E-state index contributed by atoms with van der Waals surface area (Å²) in [5, 5.41) is 2.96. The van der Waals surface area contributed by atoms with Crippen LogP contribution in [0, 0.1) is 5.82 Å². The number of hydrogen-bond acceptors (Lipinski definition) is 8. The van der Waals surface area contributed by atoms with Crippen LogP contribution in [0.25, 0.3) is 22.4 Å². The van der Waals surface area contributed by atoms with Crippen molar-refractivity contribution < 1.29 is 36.3 Å². The van der Waals surface area contributed by atoms with Gasteiger partial charge in [0.15, 0.2) is 0 Å². The fourth-order valence-electron chi connectivity index (χ4n) is 5.01. The van der Waals surface area contributed by atoms with Crippen LogP contribution in [-0.2, 0) is 30.8 Å². The molecule has 0 saturated carbocycles. The van der Waals surface area contributed by atoms with Gasteiger partial charge in [0.25, 0.3) is 5.91 Å². The molecule has 1 unspecified atom stereocenters. The molecule has 1 N–H and O–H groups in total. The highest BCUT2D eigenvalue weighted by Gasteiger charge is 2.34. The SMILES string of the molecule is CNC(=O)c1c(-c2ccc(F)cc2)oc2nc(N(C)S(C)(=O)=O)c(CCCCC(=O)N3CCCC3C(=O)OC)cc12. The minimum absolute atomic E-state index is 0.0511. The number of aromatic nitrogens is 1. The molecule has 0 spiro atoms. The fraction of sp³-hybridized carbons (Fsp3) is 0.429. The zero-order chi connectivity index (χ0) is 29.9. The lowest BCUT2D eigenvalue weighted by molar-refractivity contribution is -0.151. The molecule has 4 rings (SSSR count).